The minimum absolute atomic E-state index is 0.0244. The first-order valence-electron chi connectivity index (χ1n) is 12.7. The van der Waals surface area contributed by atoms with Gasteiger partial charge in [0.15, 0.2) is 0 Å². The van der Waals surface area contributed by atoms with Gasteiger partial charge in [-0.05, 0) is 50.5 Å². The number of esters is 1. The van der Waals surface area contributed by atoms with Gasteiger partial charge in [-0.3, -0.25) is 14.4 Å². The van der Waals surface area contributed by atoms with E-state index in [9.17, 15) is 19.2 Å². The summed E-state index contributed by atoms with van der Waals surface area (Å²) in [6.45, 7) is 9.32. The highest BCUT2D eigenvalue weighted by molar-refractivity contribution is 5.90. The molecular formula is C28H39N3O6. The predicted octanol–water partition coefficient (Wildman–Crippen LogP) is 3.98. The van der Waals surface area contributed by atoms with Gasteiger partial charge in [-0.2, -0.15) is 0 Å². The number of nitrogens with one attached hydrogen (secondary N) is 3. The third-order valence-corrected chi connectivity index (χ3v) is 5.38. The number of fused-ring (bicyclic) bond motifs is 1. The number of hydrogen-bond donors (Lipinski definition) is 3. The molecule has 0 saturated carbocycles. The summed E-state index contributed by atoms with van der Waals surface area (Å²) < 4.78 is 10.4. The SMILES string of the molecule is CCCCOC(=O)C[C@H](NC(=O)OC(C)(C)C)C(=O)N[C@@H](C)CC(=O)NCc1cccc2ccccc12. The van der Waals surface area contributed by atoms with Crippen molar-refractivity contribution in [2.75, 3.05) is 6.61 Å². The molecule has 0 fully saturated rings. The van der Waals surface area contributed by atoms with Crippen LogP contribution in [0.2, 0.25) is 0 Å². The van der Waals surface area contributed by atoms with Crippen molar-refractivity contribution in [1.82, 2.24) is 16.0 Å². The fourth-order valence-corrected chi connectivity index (χ4v) is 3.60. The lowest BCUT2D eigenvalue weighted by molar-refractivity contribution is -0.146. The summed E-state index contributed by atoms with van der Waals surface area (Å²) in [7, 11) is 0. The van der Waals surface area contributed by atoms with Crippen LogP contribution >= 0.6 is 0 Å². The molecule has 9 heteroatoms. The van der Waals surface area contributed by atoms with E-state index in [0.29, 0.717) is 13.0 Å². The van der Waals surface area contributed by atoms with E-state index in [0.717, 1.165) is 22.8 Å². The van der Waals surface area contributed by atoms with Crippen molar-refractivity contribution in [2.24, 2.45) is 0 Å². The number of benzene rings is 2. The Hall–Kier alpha value is -3.62. The number of hydrogen-bond acceptors (Lipinski definition) is 6. The Kier molecular flexibility index (Phi) is 11.4. The smallest absolute Gasteiger partial charge is 0.408 e. The van der Waals surface area contributed by atoms with Crippen LogP contribution in [0.5, 0.6) is 0 Å². The molecule has 9 nitrogen and oxygen atoms in total. The van der Waals surface area contributed by atoms with Crippen LogP contribution in [0.25, 0.3) is 10.8 Å². The average Bonchev–Trinajstić information content (AvgIpc) is 2.81. The number of alkyl carbamates (subject to hydrolysis) is 1. The molecule has 3 N–H and O–H groups in total. The molecule has 2 aromatic carbocycles. The van der Waals surface area contributed by atoms with Crippen molar-refractivity contribution < 1.29 is 28.7 Å². The van der Waals surface area contributed by atoms with Crippen LogP contribution in [0.4, 0.5) is 4.79 Å². The fraction of sp³-hybridized carbons (Fsp3) is 0.500. The van der Waals surface area contributed by atoms with E-state index in [4.69, 9.17) is 9.47 Å². The van der Waals surface area contributed by atoms with Crippen LogP contribution in [-0.4, -0.2) is 48.2 Å². The zero-order chi connectivity index (χ0) is 27.4. The number of carbonyl (C=O) groups is 4. The average molecular weight is 514 g/mol. The molecule has 3 amide bonds. The van der Waals surface area contributed by atoms with Gasteiger partial charge in [-0.1, -0.05) is 55.8 Å². The Morgan fingerprint density at radius 1 is 0.946 bits per heavy atom. The van der Waals surface area contributed by atoms with Crippen molar-refractivity contribution in [3.8, 4) is 0 Å². The molecule has 0 aliphatic rings. The normalized spacial score (nSPS) is 12.8. The standard InChI is InChI=1S/C28H39N3O6/c1-6-7-15-36-25(33)17-23(31-27(35)37-28(3,4)5)26(34)30-19(2)16-24(32)29-18-21-13-10-12-20-11-8-9-14-22(20)21/h8-14,19,23H,6-7,15-18H2,1-5H3,(H,29,32)(H,30,34)(H,31,35)/t19-,23-/m0/s1. The third kappa shape index (κ3) is 10.9. The second-order valence-corrected chi connectivity index (χ2v) is 10.0. The third-order valence-electron chi connectivity index (χ3n) is 5.38. The molecule has 2 rings (SSSR count). The van der Waals surface area contributed by atoms with Gasteiger partial charge >= 0.3 is 12.1 Å². The number of carbonyl (C=O) groups excluding carboxylic acids is 4. The summed E-state index contributed by atoms with van der Waals surface area (Å²) in [6.07, 6.45) is 0.403. The molecule has 0 aliphatic heterocycles. The minimum atomic E-state index is -1.20. The lowest BCUT2D eigenvalue weighted by Gasteiger charge is -2.24. The van der Waals surface area contributed by atoms with Crippen LogP contribution < -0.4 is 16.0 Å². The second-order valence-electron chi connectivity index (χ2n) is 10.0. The highest BCUT2D eigenvalue weighted by Gasteiger charge is 2.28. The van der Waals surface area contributed by atoms with Gasteiger partial charge in [0.25, 0.3) is 0 Å². The number of ether oxygens (including phenoxy) is 2. The molecule has 0 saturated heterocycles. The molecule has 2 aromatic rings. The van der Waals surface area contributed by atoms with Crippen LogP contribution in [0.1, 0.15) is 65.9 Å². The fourth-order valence-electron chi connectivity index (χ4n) is 3.60. The summed E-state index contributed by atoms with van der Waals surface area (Å²) in [4.78, 5) is 49.9. The molecular weight excluding hydrogens is 474 g/mol. The summed E-state index contributed by atoms with van der Waals surface area (Å²) in [5.41, 5.74) is 0.216. The van der Waals surface area contributed by atoms with Crippen molar-refractivity contribution in [1.29, 1.82) is 0 Å². The molecule has 0 unspecified atom stereocenters. The molecule has 0 bridgehead atoms. The summed E-state index contributed by atoms with van der Waals surface area (Å²) in [6, 6.07) is 12.1. The van der Waals surface area contributed by atoms with E-state index in [1.54, 1.807) is 27.7 Å². The largest absolute Gasteiger partial charge is 0.466 e. The van der Waals surface area contributed by atoms with Gasteiger partial charge < -0.3 is 25.4 Å². The molecule has 0 spiro atoms. The highest BCUT2D eigenvalue weighted by atomic mass is 16.6. The lowest BCUT2D eigenvalue weighted by atomic mass is 10.0. The van der Waals surface area contributed by atoms with E-state index in [1.165, 1.54) is 0 Å². The Bertz CT molecular complexity index is 1070. The second kappa shape index (κ2) is 14.2. The minimum Gasteiger partial charge on any atom is -0.466 e. The Morgan fingerprint density at radius 3 is 2.35 bits per heavy atom. The molecule has 202 valence electrons. The van der Waals surface area contributed by atoms with Gasteiger partial charge in [-0.15, -0.1) is 0 Å². The van der Waals surface area contributed by atoms with Gasteiger partial charge in [0.05, 0.1) is 13.0 Å². The maximum absolute atomic E-state index is 12.9. The Balaban J connectivity index is 1.93. The topological polar surface area (TPSA) is 123 Å². The molecule has 37 heavy (non-hydrogen) atoms. The summed E-state index contributed by atoms with van der Waals surface area (Å²) in [5, 5.41) is 10.2. The number of rotatable bonds is 12. The molecule has 0 heterocycles. The molecule has 0 aromatic heterocycles. The highest BCUT2D eigenvalue weighted by Crippen LogP contribution is 2.18. The lowest BCUT2D eigenvalue weighted by Crippen LogP contribution is -2.51. The van der Waals surface area contributed by atoms with Crippen LogP contribution in [-0.2, 0) is 30.4 Å². The molecule has 2 atom stereocenters. The first-order chi connectivity index (χ1) is 17.5. The van der Waals surface area contributed by atoms with Crippen molar-refractivity contribution in [3.63, 3.8) is 0 Å². The van der Waals surface area contributed by atoms with E-state index >= 15 is 0 Å². The molecule has 0 radical (unpaired) electrons. The number of amides is 3. The van der Waals surface area contributed by atoms with Crippen LogP contribution in [0.15, 0.2) is 42.5 Å². The first kappa shape index (κ1) is 29.6. The van der Waals surface area contributed by atoms with E-state index in [2.05, 4.69) is 16.0 Å². The van der Waals surface area contributed by atoms with Crippen molar-refractivity contribution >= 4 is 34.6 Å². The predicted molar refractivity (Wildman–Crippen MR) is 142 cm³/mol. The van der Waals surface area contributed by atoms with E-state index in [-0.39, 0.29) is 25.4 Å². The Labute approximate surface area is 218 Å². The zero-order valence-electron chi connectivity index (χ0n) is 22.4. The maximum atomic E-state index is 12.9. The van der Waals surface area contributed by atoms with E-state index in [1.807, 2.05) is 49.4 Å². The van der Waals surface area contributed by atoms with Crippen molar-refractivity contribution in [2.45, 2.75) is 84.5 Å². The van der Waals surface area contributed by atoms with Gasteiger partial charge in [0.2, 0.25) is 11.8 Å². The quantitative estimate of drug-likeness (QED) is 0.291. The monoisotopic (exact) mass is 513 g/mol. The Morgan fingerprint density at radius 2 is 1.65 bits per heavy atom. The summed E-state index contributed by atoms with van der Waals surface area (Å²) >= 11 is 0. The van der Waals surface area contributed by atoms with Gasteiger partial charge in [-0.25, -0.2) is 4.79 Å². The van der Waals surface area contributed by atoms with E-state index < -0.39 is 35.7 Å². The summed E-state index contributed by atoms with van der Waals surface area (Å²) in [5.74, 6) is -1.45. The first-order valence-corrected chi connectivity index (χ1v) is 12.7. The van der Waals surface area contributed by atoms with Gasteiger partial charge in [0.1, 0.15) is 11.6 Å². The van der Waals surface area contributed by atoms with Crippen molar-refractivity contribution in [3.05, 3.63) is 48.0 Å². The number of unbranched alkanes of at least 4 members (excludes halogenated alkanes) is 1. The van der Waals surface area contributed by atoms with Crippen LogP contribution in [0.3, 0.4) is 0 Å². The van der Waals surface area contributed by atoms with Gasteiger partial charge in [0, 0.05) is 19.0 Å². The zero-order valence-corrected chi connectivity index (χ0v) is 22.4. The van der Waals surface area contributed by atoms with Crippen LogP contribution in [0, 0.1) is 0 Å². The maximum Gasteiger partial charge on any atom is 0.408 e. The molecule has 0 aliphatic carbocycles.